The summed E-state index contributed by atoms with van der Waals surface area (Å²) >= 11 is 1.79. The van der Waals surface area contributed by atoms with Gasteiger partial charge < -0.3 is 0 Å². The molecule has 2 heterocycles. The Morgan fingerprint density at radius 1 is 0.264 bits per heavy atom. The van der Waals surface area contributed by atoms with Gasteiger partial charge in [-0.25, -0.2) is 15.0 Å². The standard InChI is InChI=1S/C49H31N3S/c1-3-12-34(13-4-1)38-30-31-39(41-17-8-7-16-40(38)41)35-26-22-32(23-27-35)33-24-28-37(29-25-33)48-50-47(36-14-5-2-6-15-36)51-49(52-48)44-20-11-19-43-42-18-9-10-21-45(42)53-46(43)44/h1-31H. The first-order chi connectivity index (χ1) is 26.3. The summed E-state index contributed by atoms with van der Waals surface area (Å²) in [4.78, 5) is 15.1. The molecule has 0 bridgehead atoms. The van der Waals surface area contributed by atoms with Crippen molar-refractivity contribution in [3.63, 3.8) is 0 Å². The highest BCUT2D eigenvalue weighted by molar-refractivity contribution is 7.26. The summed E-state index contributed by atoms with van der Waals surface area (Å²) in [7, 11) is 0. The van der Waals surface area contributed by atoms with E-state index in [1.807, 2.05) is 18.2 Å². The van der Waals surface area contributed by atoms with Gasteiger partial charge in [0.2, 0.25) is 0 Å². The molecule has 0 unspecified atom stereocenters. The zero-order valence-electron chi connectivity index (χ0n) is 28.6. The predicted octanol–water partition coefficient (Wildman–Crippen LogP) is 13.4. The lowest BCUT2D eigenvalue weighted by Gasteiger charge is -2.13. The molecule has 0 aliphatic heterocycles. The molecule has 53 heavy (non-hydrogen) atoms. The molecule has 8 aromatic carbocycles. The lowest BCUT2D eigenvalue weighted by Crippen LogP contribution is -2.00. The Morgan fingerprint density at radius 2 is 0.698 bits per heavy atom. The van der Waals surface area contributed by atoms with E-state index in [4.69, 9.17) is 15.0 Å². The molecule has 3 nitrogen and oxygen atoms in total. The van der Waals surface area contributed by atoms with E-state index in [1.165, 1.54) is 53.2 Å². The zero-order chi connectivity index (χ0) is 35.1. The SMILES string of the molecule is c1ccc(-c2nc(-c3ccc(-c4ccc(-c5ccc(-c6ccccc6)c6ccccc56)cc4)cc3)nc(-c3cccc4c3sc3ccccc34)n2)cc1. The molecule has 0 radical (unpaired) electrons. The number of benzene rings is 8. The summed E-state index contributed by atoms with van der Waals surface area (Å²) in [5.41, 5.74) is 10.1. The van der Waals surface area contributed by atoms with Crippen molar-refractivity contribution >= 4 is 42.3 Å². The van der Waals surface area contributed by atoms with Crippen molar-refractivity contribution in [3.8, 4) is 67.5 Å². The van der Waals surface area contributed by atoms with E-state index in [0.717, 1.165) is 27.8 Å². The first kappa shape index (κ1) is 31.0. The number of aromatic nitrogens is 3. The molecule has 0 atom stereocenters. The van der Waals surface area contributed by atoms with Crippen LogP contribution in [0.15, 0.2) is 188 Å². The Morgan fingerprint density at radius 3 is 1.32 bits per heavy atom. The second-order valence-electron chi connectivity index (χ2n) is 13.2. The van der Waals surface area contributed by atoms with Gasteiger partial charge in [-0.15, -0.1) is 11.3 Å². The number of nitrogens with zero attached hydrogens (tertiary/aromatic N) is 3. The highest BCUT2D eigenvalue weighted by Gasteiger charge is 2.17. The van der Waals surface area contributed by atoms with Crippen LogP contribution in [0.1, 0.15) is 0 Å². The molecule has 0 fully saturated rings. The number of hydrogen-bond acceptors (Lipinski definition) is 4. The molecule has 10 aromatic rings. The van der Waals surface area contributed by atoms with Gasteiger partial charge in [-0.05, 0) is 56.3 Å². The highest BCUT2D eigenvalue weighted by Crippen LogP contribution is 2.40. The van der Waals surface area contributed by atoms with Gasteiger partial charge in [0.15, 0.2) is 17.5 Å². The van der Waals surface area contributed by atoms with Gasteiger partial charge in [0, 0.05) is 36.9 Å². The lowest BCUT2D eigenvalue weighted by molar-refractivity contribution is 1.08. The van der Waals surface area contributed by atoms with Gasteiger partial charge in [-0.1, -0.05) is 176 Å². The smallest absolute Gasteiger partial charge is 0.165 e. The van der Waals surface area contributed by atoms with E-state index in [9.17, 15) is 0 Å². The third kappa shape index (κ3) is 5.66. The van der Waals surface area contributed by atoms with Gasteiger partial charge in [0.1, 0.15) is 0 Å². The van der Waals surface area contributed by atoms with Crippen LogP contribution < -0.4 is 0 Å². The maximum Gasteiger partial charge on any atom is 0.165 e. The molecular formula is C49H31N3S. The van der Waals surface area contributed by atoms with E-state index in [0.29, 0.717) is 17.5 Å². The van der Waals surface area contributed by atoms with Crippen molar-refractivity contribution < 1.29 is 0 Å². The molecule has 0 spiro atoms. The molecule has 4 heteroatoms. The van der Waals surface area contributed by atoms with E-state index >= 15 is 0 Å². The Labute approximate surface area is 311 Å². The summed E-state index contributed by atoms with van der Waals surface area (Å²) in [6.45, 7) is 0. The zero-order valence-corrected chi connectivity index (χ0v) is 29.5. The average Bonchev–Trinajstić information content (AvgIpc) is 3.63. The number of thiophene rings is 1. The van der Waals surface area contributed by atoms with Crippen molar-refractivity contribution in [1.82, 2.24) is 15.0 Å². The van der Waals surface area contributed by atoms with E-state index < -0.39 is 0 Å². The van der Waals surface area contributed by atoms with E-state index in [1.54, 1.807) is 11.3 Å². The van der Waals surface area contributed by atoms with Gasteiger partial charge in [-0.2, -0.15) is 0 Å². The summed E-state index contributed by atoms with van der Waals surface area (Å²) in [6.07, 6.45) is 0. The van der Waals surface area contributed by atoms with Gasteiger partial charge in [-0.3, -0.25) is 0 Å². The summed E-state index contributed by atoms with van der Waals surface area (Å²) < 4.78 is 2.44. The van der Waals surface area contributed by atoms with Crippen LogP contribution in [0.25, 0.3) is 98.5 Å². The molecule has 2 aromatic heterocycles. The number of hydrogen-bond donors (Lipinski definition) is 0. The third-order valence-corrected chi connectivity index (χ3v) is 11.2. The second-order valence-corrected chi connectivity index (χ2v) is 14.2. The molecule has 0 N–H and O–H groups in total. The Kier molecular flexibility index (Phi) is 7.67. The van der Waals surface area contributed by atoms with Gasteiger partial charge >= 0.3 is 0 Å². The Bertz CT molecular complexity index is 2910. The van der Waals surface area contributed by atoms with Crippen LogP contribution >= 0.6 is 11.3 Å². The van der Waals surface area contributed by atoms with E-state index in [2.05, 4.69) is 170 Å². The van der Waals surface area contributed by atoms with Crippen LogP contribution in [0.3, 0.4) is 0 Å². The number of rotatable bonds is 6. The van der Waals surface area contributed by atoms with Crippen LogP contribution in [-0.4, -0.2) is 15.0 Å². The molecule has 0 aliphatic rings. The van der Waals surface area contributed by atoms with Crippen molar-refractivity contribution in [2.24, 2.45) is 0 Å². The van der Waals surface area contributed by atoms with Crippen molar-refractivity contribution in [3.05, 3.63) is 188 Å². The minimum atomic E-state index is 0.652. The fraction of sp³-hybridized carbons (Fsp3) is 0. The molecule has 0 saturated carbocycles. The Hall–Kier alpha value is -6.75. The van der Waals surface area contributed by atoms with Crippen LogP contribution in [0.5, 0.6) is 0 Å². The molecule has 0 amide bonds. The van der Waals surface area contributed by atoms with E-state index in [-0.39, 0.29) is 0 Å². The topological polar surface area (TPSA) is 38.7 Å². The average molecular weight is 694 g/mol. The maximum absolute atomic E-state index is 5.10. The highest BCUT2D eigenvalue weighted by atomic mass is 32.1. The monoisotopic (exact) mass is 693 g/mol. The summed E-state index contributed by atoms with van der Waals surface area (Å²) in [5, 5.41) is 4.98. The fourth-order valence-corrected chi connectivity index (χ4v) is 8.55. The maximum atomic E-state index is 5.10. The van der Waals surface area contributed by atoms with Crippen LogP contribution in [0.2, 0.25) is 0 Å². The normalized spacial score (nSPS) is 11.4. The minimum Gasteiger partial charge on any atom is -0.208 e. The minimum absolute atomic E-state index is 0.652. The van der Waals surface area contributed by atoms with Gasteiger partial charge in [0.25, 0.3) is 0 Å². The summed E-state index contributed by atoms with van der Waals surface area (Å²) in [5.74, 6) is 1.99. The molecule has 10 rings (SSSR count). The lowest BCUT2D eigenvalue weighted by atomic mass is 9.91. The van der Waals surface area contributed by atoms with Crippen LogP contribution in [0, 0.1) is 0 Å². The molecule has 0 aliphatic carbocycles. The largest absolute Gasteiger partial charge is 0.208 e. The fourth-order valence-electron chi connectivity index (χ4n) is 7.34. The van der Waals surface area contributed by atoms with Crippen molar-refractivity contribution in [2.45, 2.75) is 0 Å². The Balaban J connectivity index is 1.00. The quantitative estimate of drug-likeness (QED) is 0.174. The summed E-state index contributed by atoms with van der Waals surface area (Å²) in [6, 6.07) is 66.4. The molecule has 0 saturated heterocycles. The van der Waals surface area contributed by atoms with Crippen LogP contribution in [0.4, 0.5) is 0 Å². The molecule has 248 valence electrons. The van der Waals surface area contributed by atoms with Crippen LogP contribution in [-0.2, 0) is 0 Å². The van der Waals surface area contributed by atoms with Crippen molar-refractivity contribution in [1.29, 1.82) is 0 Å². The van der Waals surface area contributed by atoms with Gasteiger partial charge in [0.05, 0.1) is 0 Å². The number of fused-ring (bicyclic) bond motifs is 4. The first-order valence-electron chi connectivity index (χ1n) is 17.8. The van der Waals surface area contributed by atoms with Crippen molar-refractivity contribution in [2.75, 3.05) is 0 Å². The third-order valence-electron chi connectivity index (χ3n) is 9.99. The first-order valence-corrected chi connectivity index (χ1v) is 18.6. The molecular weight excluding hydrogens is 663 g/mol. The second kappa shape index (κ2) is 13.1. The predicted molar refractivity (Wildman–Crippen MR) is 223 cm³/mol.